The van der Waals surface area contributed by atoms with Gasteiger partial charge in [0.1, 0.15) is 0 Å². The van der Waals surface area contributed by atoms with Crippen LogP contribution in [0, 0.1) is 0 Å². The second-order valence-electron chi connectivity index (χ2n) is 2.05. The van der Waals surface area contributed by atoms with Crippen LogP contribution >= 0.6 is 0 Å². The lowest BCUT2D eigenvalue weighted by Gasteiger charge is -1.89. The number of pyridine rings is 1. The molecule has 4 N–H and O–H groups in total. The van der Waals surface area contributed by atoms with Gasteiger partial charge < -0.3 is 11.5 Å². The van der Waals surface area contributed by atoms with Gasteiger partial charge in [0.25, 0.3) is 0 Å². The van der Waals surface area contributed by atoms with Crippen molar-refractivity contribution >= 4 is 0 Å². The topological polar surface area (TPSA) is 64.9 Å². The van der Waals surface area contributed by atoms with Crippen molar-refractivity contribution in [2.45, 2.75) is 6.54 Å². The van der Waals surface area contributed by atoms with E-state index in [1.807, 2.05) is 18.2 Å². The van der Waals surface area contributed by atoms with Crippen molar-refractivity contribution in [2.24, 2.45) is 11.5 Å². The smallest absolute Gasteiger partial charge is 0.0539 e. The fourth-order valence-corrected chi connectivity index (χ4v) is 0.519. The summed E-state index contributed by atoms with van der Waals surface area (Å²) in [5.74, 6) is 0. The molecule has 0 fully saturated rings. The van der Waals surface area contributed by atoms with Gasteiger partial charge in [-0.1, -0.05) is 12.1 Å². The van der Waals surface area contributed by atoms with Gasteiger partial charge in [-0.2, -0.15) is 0 Å². The van der Waals surface area contributed by atoms with Gasteiger partial charge in [-0.25, -0.2) is 0 Å². The summed E-state index contributed by atoms with van der Waals surface area (Å²) in [4.78, 5) is 3.97. The molecule has 0 bridgehead atoms. The number of nitrogens with zero attached hydrogens (tertiary/aromatic N) is 1. The van der Waals surface area contributed by atoms with E-state index in [0.29, 0.717) is 13.1 Å². The third-order valence-corrected chi connectivity index (χ3v) is 1.10. The fraction of sp³-hybridized carbons (Fsp3) is 0.222. The molecule has 3 nitrogen and oxygen atoms in total. The van der Waals surface area contributed by atoms with E-state index in [2.05, 4.69) is 11.6 Å². The second-order valence-corrected chi connectivity index (χ2v) is 2.05. The quantitative estimate of drug-likeness (QED) is 0.633. The first kappa shape index (κ1) is 10.8. The molecule has 0 radical (unpaired) electrons. The lowest BCUT2D eigenvalue weighted by molar-refractivity contribution is 0.991. The standard InChI is InChI=1S/C6H8N2.C3H7N/c7-5-6-3-1-2-4-8-6;1-2-3-4/h1-4H,5,7H2;2H,1,3-4H2. The molecule has 0 aliphatic heterocycles. The van der Waals surface area contributed by atoms with E-state index in [9.17, 15) is 0 Å². The summed E-state index contributed by atoms with van der Waals surface area (Å²) >= 11 is 0. The van der Waals surface area contributed by atoms with Crippen LogP contribution in [-0.2, 0) is 6.54 Å². The van der Waals surface area contributed by atoms with Crippen LogP contribution in [0.25, 0.3) is 0 Å². The van der Waals surface area contributed by atoms with Crippen molar-refractivity contribution in [2.75, 3.05) is 6.54 Å². The highest BCUT2D eigenvalue weighted by atomic mass is 14.7. The minimum atomic E-state index is 0.529. The van der Waals surface area contributed by atoms with Gasteiger partial charge in [0.15, 0.2) is 0 Å². The van der Waals surface area contributed by atoms with Gasteiger partial charge in [-0.15, -0.1) is 6.58 Å². The molecule has 12 heavy (non-hydrogen) atoms. The van der Waals surface area contributed by atoms with Crippen LogP contribution in [0.5, 0.6) is 0 Å². The number of rotatable bonds is 2. The molecule has 3 heteroatoms. The Labute approximate surface area is 73.1 Å². The highest BCUT2D eigenvalue weighted by Crippen LogP contribution is 1.88. The summed E-state index contributed by atoms with van der Waals surface area (Å²) in [6.07, 6.45) is 3.39. The lowest BCUT2D eigenvalue weighted by Crippen LogP contribution is -1.97. The molecule has 1 rings (SSSR count). The normalized spacial score (nSPS) is 8.17. The molecule has 66 valence electrons. The minimum Gasteiger partial charge on any atom is -0.327 e. The van der Waals surface area contributed by atoms with E-state index in [0.717, 1.165) is 5.69 Å². The molecule has 0 aliphatic rings. The Morgan fingerprint density at radius 2 is 2.08 bits per heavy atom. The zero-order valence-corrected chi connectivity index (χ0v) is 7.11. The summed E-state index contributed by atoms with van der Waals surface area (Å²) in [7, 11) is 0. The number of aromatic nitrogens is 1. The zero-order valence-electron chi connectivity index (χ0n) is 7.11. The first-order chi connectivity index (χ1) is 5.85. The van der Waals surface area contributed by atoms with Crippen LogP contribution in [0.4, 0.5) is 0 Å². The third-order valence-electron chi connectivity index (χ3n) is 1.10. The maximum Gasteiger partial charge on any atom is 0.0539 e. The van der Waals surface area contributed by atoms with Crippen molar-refractivity contribution in [1.29, 1.82) is 0 Å². The van der Waals surface area contributed by atoms with Gasteiger partial charge in [0, 0.05) is 19.3 Å². The van der Waals surface area contributed by atoms with Crippen molar-refractivity contribution in [1.82, 2.24) is 4.98 Å². The third kappa shape index (κ3) is 5.58. The van der Waals surface area contributed by atoms with E-state index in [4.69, 9.17) is 11.5 Å². The maximum atomic E-state index is 5.29. The van der Waals surface area contributed by atoms with E-state index in [-0.39, 0.29) is 0 Å². The second kappa shape index (κ2) is 7.91. The summed E-state index contributed by atoms with van der Waals surface area (Å²) in [6, 6.07) is 5.70. The van der Waals surface area contributed by atoms with Crippen LogP contribution in [0.1, 0.15) is 5.69 Å². The molecule has 1 aromatic rings. The number of hydrogen-bond donors (Lipinski definition) is 2. The van der Waals surface area contributed by atoms with Gasteiger partial charge in [0.05, 0.1) is 5.69 Å². The van der Waals surface area contributed by atoms with Gasteiger partial charge in [-0.05, 0) is 12.1 Å². The molecule has 0 atom stereocenters. The molecule has 0 spiro atoms. The molecular weight excluding hydrogens is 150 g/mol. The van der Waals surface area contributed by atoms with Crippen LogP contribution in [0.15, 0.2) is 37.1 Å². The summed E-state index contributed by atoms with van der Waals surface area (Å²) < 4.78 is 0. The summed E-state index contributed by atoms with van der Waals surface area (Å²) in [5, 5.41) is 0. The highest BCUT2D eigenvalue weighted by Gasteiger charge is 1.81. The Morgan fingerprint density at radius 3 is 2.33 bits per heavy atom. The molecule has 1 heterocycles. The molecule has 0 saturated carbocycles. The monoisotopic (exact) mass is 165 g/mol. The first-order valence-electron chi connectivity index (χ1n) is 3.76. The Balaban J connectivity index is 0.000000261. The van der Waals surface area contributed by atoms with Crippen LogP contribution in [0.3, 0.4) is 0 Å². The van der Waals surface area contributed by atoms with E-state index in [1.54, 1.807) is 12.3 Å². The van der Waals surface area contributed by atoms with E-state index in [1.165, 1.54) is 0 Å². The first-order valence-corrected chi connectivity index (χ1v) is 3.76. The van der Waals surface area contributed by atoms with Crippen LogP contribution in [0.2, 0.25) is 0 Å². The predicted octanol–water partition coefficient (Wildman–Crippen LogP) is 0.671. The molecule has 0 unspecified atom stereocenters. The average molecular weight is 165 g/mol. The Kier molecular flexibility index (Phi) is 7.13. The summed E-state index contributed by atoms with van der Waals surface area (Å²) in [6.45, 7) is 4.47. The fourth-order valence-electron chi connectivity index (χ4n) is 0.519. The van der Waals surface area contributed by atoms with Gasteiger partial charge in [0.2, 0.25) is 0 Å². The Hall–Kier alpha value is -1.19. The highest BCUT2D eigenvalue weighted by molar-refractivity contribution is 5.02. The molecule has 0 saturated heterocycles. The van der Waals surface area contributed by atoms with Crippen molar-refractivity contribution in [3.8, 4) is 0 Å². The van der Waals surface area contributed by atoms with Crippen molar-refractivity contribution in [3.05, 3.63) is 42.7 Å². The maximum absolute atomic E-state index is 5.29. The van der Waals surface area contributed by atoms with Crippen LogP contribution < -0.4 is 11.5 Å². The Morgan fingerprint density at radius 1 is 1.42 bits per heavy atom. The molecule has 0 aromatic carbocycles. The van der Waals surface area contributed by atoms with Crippen molar-refractivity contribution in [3.63, 3.8) is 0 Å². The largest absolute Gasteiger partial charge is 0.327 e. The number of nitrogens with two attached hydrogens (primary N) is 2. The van der Waals surface area contributed by atoms with Crippen molar-refractivity contribution < 1.29 is 0 Å². The minimum absolute atomic E-state index is 0.529. The summed E-state index contributed by atoms with van der Waals surface area (Å²) in [5.41, 5.74) is 11.1. The van der Waals surface area contributed by atoms with Gasteiger partial charge in [-0.3, -0.25) is 4.98 Å². The zero-order chi connectivity index (χ0) is 9.23. The molecule has 0 aliphatic carbocycles. The lowest BCUT2D eigenvalue weighted by atomic mass is 10.4. The average Bonchev–Trinajstić information content (AvgIpc) is 2.19. The van der Waals surface area contributed by atoms with Crippen LogP contribution in [-0.4, -0.2) is 11.5 Å². The molecule has 1 aromatic heterocycles. The van der Waals surface area contributed by atoms with E-state index >= 15 is 0 Å². The number of hydrogen-bond acceptors (Lipinski definition) is 3. The Bertz CT molecular complexity index is 196. The molecule has 0 amide bonds. The van der Waals surface area contributed by atoms with E-state index < -0.39 is 0 Å². The SMILES string of the molecule is C=CCN.NCc1ccccn1. The molecular formula is C9H15N3. The van der Waals surface area contributed by atoms with Gasteiger partial charge >= 0.3 is 0 Å². The predicted molar refractivity (Wildman–Crippen MR) is 51.4 cm³/mol.